The van der Waals surface area contributed by atoms with Crippen LogP contribution in [0.1, 0.15) is 37.0 Å². The van der Waals surface area contributed by atoms with Crippen molar-refractivity contribution in [3.05, 3.63) is 29.3 Å². The van der Waals surface area contributed by atoms with Crippen LogP contribution in [0, 0.1) is 11.6 Å². The van der Waals surface area contributed by atoms with Gasteiger partial charge in [0.2, 0.25) is 0 Å². The lowest BCUT2D eigenvalue weighted by atomic mass is 9.93. The van der Waals surface area contributed by atoms with E-state index in [9.17, 15) is 13.6 Å². The lowest BCUT2D eigenvalue weighted by molar-refractivity contribution is -0.0615. The second-order valence-corrected chi connectivity index (χ2v) is 5.62. The maximum Gasteiger partial charge on any atom is 0.254 e. The molecule has 0 aromatic heterocycles. The SMILES string of the molecule is CC1(C)CC(NC(=O)c2cc(N)c(F)cc2F)CCO1. The maximum absolute atomic E-state index is 13.6. The molecule has 0 saturated carbocycles. The van der Waals surface area contributed by atoms with Crippen molar-refractivity contribution in [1.82, 2.24) is 5.32 Å². The van der Waals surface area contributed by atoms with Crippen LogP contribution in [-0.4, -0.2) is 24.2 Å². The molecule has 1 aliphatic heterocycles. The van der Waals surface area contributed by atoms with Crippen LogP contribution >= 0.6 is 0 Å². The van der Waals surface area contributed by atoms with E-state index in [2.05, 4.69) is 5.32 Å². The average Bonchev–Trinajstić information content (AvgIpc) is 2.32. The number of nitrogens with one attached hydrogen (secondary N) is 1. The molecule has 2 rings (SSSR count). The largest absolute Gasteiger partial charge is 0.396 e. The van der Waals surface area contributed by atoms with E-state index < -0.39 is 17.5 Å². The maximum atomic E-state index is 13.6. The molecule has 1 amide bonds. The summed E-state index contributed by atoms with van der Waals surface area (Å²) in [5, 5.41) is 2.74. The molecule has 3 N–H and O–H groups in total. The number of carbonyl (C=O) groups is 1. The lowest BCUT2D eigenvalue weighted by Crippen LogP contribution is -2.46. The van der Waals surface area contributed by atoms with E-state index in [0.29, 0.717) is 25.5 Å². The topological polar surface area (TPSA) is 64.4 Å². The quantitative estimate of drug-likeness (QED) is 0.819. The van der Waals surface area contributed by atoms with Gasteiger partial charge < -0.3 is 15.8 Å². The zero-order valence-electron chi connectivity index (χ0n) is 11.5. The predicted molar refractivity (Wildman–Crippen MR) is 71.3 cm³/mol. The Hall–Kier alpha value is -1.69. The van der Waals surface area contributed by atoms with Crippen LogP contribution in [0.2, 0.25) is 0 Å². The highest BCUT2D eigenvalue weighted by molar-refractivity contribution is 5.95. The average molecular weight is 284 g/mol. The molecule has 1 atom stereocenters. The molecule has 1 fully saturated rings. The number of nitrogens with two attached hydrogens (primary N) is 1. The minimum atomic E-state index is -0.916. The van der Waals surface area contributed by atoms with Crippen molar-refractivity contribution >= 4 is 11.6 Å². The monoisotopic (exact) mass is 284 g/mol. The fraction of sp³-hybridized carbons (Fsp3) is 0.500. The van der Waals surface area contributed by atoms with Gasteiger partial charge in [-0.05, 0) is 32.8 Å². The van der Waals surface area contributed by atoms with E-state index in [1.165, 1.54) is 0 Å². The van der Waals surface area contributed by atoms with Crippen molar-refractivity contribution in [3.63, 3.8) is 0 Å². The van der Waals surface area contributed by atoms with Crippen molar-refractivity contribution in [3.8, 4) is 0 Å². The Morgan fingerprint density at radius 1 is 1.40 bits per heavy atom. The number of nitrogen functional groups attached to an aromatic ring is 1. The van der Waals surface area contributed by atoms with Crippen molar-refractivity contribution in [2.75, 3.05) is 12.3 Å². The van der Waals surface area contributed by atoms with Gasteiger partial charge in [-0.25, -0.2) is 8.78 Å². The van der Waals surface area contributed by atoms with Crippen LogP contribution < -0.4 is 11.1 Å². The molecule has 4 nitrogen and oxygen atoms in total. The van der Waals surface area contributed by atoms with Gasteiger partial charge in [0.1, 0.15) is 11.6 Å². The van der Waals surface area contributed by atoms with Crippen molar-refractivity contribution in [2.45, 2.75) is 38.3 Å². The Labute approximate surface area is 116 Å². The highest BCUT2D eigenvalue weighted by Gasteiger charge is 2.30. The summed E-state index contributed by atoms with van der Waals surface area (Å²) in [5.74, 6) is -2.37. The van der Waals surface area contributed by atoms with Gasteiger partial charge in [0.25, 0.3) is 5.91 Å². The number of anilines is 1. The summed E-state index contributed by atoms with van der Waals surface area (Å²) >= 11 is 0. The molecule has 0 spiro atoms. The standard InChI is InChI=1S/C14H18F2N2O2/c1-14(2)7-8(3-4-20-14)18-13(19)9-5-12(17)11(16)6-10(9)15/h5-6,8H,3-4,7,17H2,1-2H3,(H,18,19). The number of hydrogen-bond donors (Lipinski definition) is 2. The Morgan fingerprint density at radius 3 is 2.75 bits per heavy atom. The summed E-state index contributed by atoms with van der Waals surface area (Å²) in [5.41, 5.74) is 4.55. The summed E-state index contributed by atoms with van der Waals surface area (Å²) < 4.78 is 32.2. The lowest BCUT2D eigenvalue weighted by Gasteiger charge is -2.35. The number of ether oxygens (including phenoxy) is 1. The van der Waals surface area contributed by atoms with Crippen molar-refractivity contribution in [2.24, 2.45) is 0 Å². The summed E-state index contributed by atoms with van der Waals surface area (Å²) in [4.78, 5) is 12.0. The van der Waals surface area contributed by atoms with Crippen LogP contribution in [0.4, 0.5) is 14.5 Å². The van der Waals surface area contributed by atoms with Gasteiger partial charge in [-0.3, -0.25) is 4.79 Å². The first-order chi connectivity index (χ1) is 9.28. The third kappa shape index (κ3) is 3.25. The summed E-state index contributed by atoms with van der Waals surface area (Å²) in [6, 6.07) is 1.54. The number of carbonyl (C=O) groups excluding carboxylic acids is 1. The molecule has 110 valence electrons. The van der Waals surface area contributed by atoms with E-state index in [4.69, 9.17) is 10.5 Å². The first-order valence-corrected chi connectivity index (χ1v) is 6.48. The minimum absolute atomic E-state index is 0.100. The Morgan fingerprint density at radius 2 is 2.10 bits per heavy atom. The summed E-state index contributed by atoms with van der Waals surface area (Å²) in [6.45, 7) is 4.40. The molecule has 1 heterocycles. The van der Waals surface area contributed by atoms with Crippen LogP contribution in [0.5, 0.6) is 0 Å². The van der Waals surface area contributed by atoms with Gasteiger partial charge in [0.05, 0.1) is 16.9 Å². The molecule has 1 aromatic rings. The van der Waals surface area contributed by atoms with E-state index in [1.54, 1.807) is 0 Å². The van der Waals surface area contributed by atoms with E-state index in [-0.39, 0.29) is 22.9 Å². The molecular weight excluding hydrogens is 266 g/mol. The number of amides is 1. The Bertz CT molecular complexity index is 532. The molecule has 1 aliphatic rings. The van der Waals surface area contributed by atoms with Crippen LogP contribution in [-0.2, 0) is 4.74 Å². The first kappa shape index (κ1) is 14.7. The third-order valence-electron chi connectivity index (χ3n) is 3.36. The van der Waals surface area contributed by atoms with E-state index in [0.717, 1.165) is 6.07 Å². The van der Waals surface area contributed by atoms with E-state index >= 15 is 0 Å². The predicted octanol–water partition coefficient (Wildman–Crippen LogP) is 2.23. The van der Waals surface area contributed by atoms with Crippen LogP contribution in [0.15, 0.2) is 12.1 Å². The van der Waals surface area contributed by atoms with Gasteiger partial charge in [0.15, 0.2) is 0 Å². The van der Waals surface area contributed by atoms with Gasteiger partial charge in [-0.1, -0.05) is 0 Å². The number of rotatable bonds is 2. The van der Waals surface area contributed by atoms with Gasteiger partial charge in [-0.2, -0.15) is 0 Å². The van der Waals surface area contributed by atoms with Crippen molar-refractivity contribution < 1.29 is 18.3 Å². The second-order valence-electron chi connectivity index (χ2n) is 5.62. The molecule has 0 aliphatic carbocycles. The highest BCUT2D eigenvalue weighted by Crippen LogP contribution is 2.24. The van der Waals surface area contributed by atoms with Gasteiger partial charge in [0, 0.05) is 18.7 Å². The molecule has 0 bridgehead atoms. The molecule has 0 radical (unpaired) electrons. The Balaban J connectivity index is 2.11. The molecular formula is C14H18F2N2O2. The first-order valence-electron chi connectivity index (χ1n) is 6.48. The molecule has 1 unspecified atom stereocenters. The zero-order valence-corrected chi connectivity index (χ0v) is 11.5. The molecule has 6 heteroatoms. The minimum Gasteiger partial charge on any atom is -0.396 e. The highest BCUT2D eigenvalue weighted by atomic mass is 19.1. The second kappa shape index (κ2) is 5.36. The number of benzene rings is 1. The summed E-state index contributed by atoms with van der Waals surface area (Å²) in [6.07, 6.45) is 1.30. The number of hydrogen-bond acceptors (Lipinski definition) is 3. The fourth-order valence-corrected chi connectivity index (χ4v) is 2.36. The van der Waals surface area contributed by atoms with Crippen molar-refractivity contribution in [1.29, 1.82) is 0 Å². The fourth-order valence-electron chi connectivity index (χ4n) is 2.36. The smallest absolute Gasteiger partial charge is 0.254 e. The summed E-state index contributed by atoms with van der Waals surface area (Å²) in [7, 11) is 0. The Kier molecular flexibility index (Phi) is 3.94. The third-order valence-corrected chi connectivity index (χ3v) is 3.36. The molecule has 1 aromatic carbocycles. The van der Waals surface area contributed by atoms with E-state index in [1.807, 2.05) is 13.8 Å². The van der Waals surface area contributed by atoms with Gasteiger partial charge >= 0.3 is 0 Å². The van der Waals surface area contributed by atoms with Crippen LogP contribution in [0.3, 0.4) is 0 Å². The van der Waals surface area contributed by atoms with Gasteiger partial charge in [-0.15, -0.1) is 0 Å². The molecule has 1 saturated heterocycles. The number of halogens is 2. The molecule has 20 heavy (non-hydrogen) atoms. The normalized spacial score (nSPS) is 21.5. The van der Waals surface area contributed by atoms with Crippen LogP contribution in [0.25, 0.3) is 0 Å². The zero-order chi connectivity index (χ0) is 14.9.